The number of rotatable bonds is 4. The van der Waals surface area contributed by atoms with E-state index in [4.69, 9.17) is 0 Å². The Kier molecular flexibility index (Phi) is 6.09. The first-order chi connectivity index (χ1) is 6.04. The van der Waals surface area contributed by atoms with E-state index in [-0.39, 0.29) is 0 Å². The Morgan fingerprint density at radius 3 is 2.54 bits per heavy atom. The highest BCUT2D eigenvalue weighted by Gasteiger charge is 1.90. The van der Waals surface area contributed by atoms with Gasteiger partial charge >= 0.3 is 0 Å². The van der Waals surface area contributed by atoms with Crippen molar-refractivity contribution < 1.29 is 0 Å². The maximum Gasteiger partial charge on any atom is 0.0801 e. The van der Waals surface area contributed by atoms with Gasteiger partial charge in [0.05, 0.1) is 12.2 Å². The highest BCUT2D eigenvalue weighted by atomic mass is 15.1. The van der Waals surface area contributed by atoms with Crippen LogP contribution in [0.2, 0.25) is 0 Å². The van der Waals surface area contributed by atoms with Crippen LogP contribution in [0.5, 0.6) is 0 Å². The molecule has 0 fully saturated rings. The lowest BCUT2D eigenvalue weighted by Crippen LogP contribution is -2.19. The highest BCUT2D eigenvalue weighted by Crippen LogP contribution is 1.89. The molecule has 2 nitrogen and oxygen atoms in total. The van der Waals surface area contributed by atoms with E-state index >= 15 is 0 Å². The Hall–Kier alpha value is -0.940. The fourth-order valence-corrected chi connectivity index (χ4v) is 0.681. The molecule has 0 aromatic rings. The van der Waals surface area contributed by atoms with Gasteiger partial charge in [-0.3, -0.25) is 0 Å². The van der Waals surface area contributed by atoms with E-state index in [1.54, 1.807) is 0 Å². The summed E-state index contributed by atoms with van der Waals surface area (Å²) in [5.41, 5.74) is 0.853. The van der Waals surface area contributed by atoms with E-state index in [0.29, 0.717) is 5.92 Å². The number of hydrogen-bond donors (Lipinski definition) is 1. The van der Waals surface area contributed by atoms with E-state index in [0.717, 1.165) is 18.8 Å². The summed E-state index contributed by atoms with van der Waals surface area (Å²) in [6.45, 7) is 9.93. The fraction of sp³-hybridized carbons (Fsp3) is 0.636. The van der Waals surface area contributed by atoms with Crippen molar-refractivity contribution in [2.75, 3.05) is 27.2 Å². The number of hydrogen-bond acceptors (Lipinski definition) is 2. The molecule has 0 radical (unpaired) electrons. The molecule has 0 aromatic carbocycles. The summed E-state index contributed by atoms with van der Waals surface area (Å²) in [5, 5.41) is 3.25. The van der Waals surface area contributed by atoms with Crippen LogP contribution in [0, 0.1) is 17.8 Å². The molecule has 2 heteroatoms. The zero-order chi connectivity index (χ0) is 10.3. The van der Waals surface area contributed by atoms with Gasteiger partial charge in [-0.15, -0.1) is 0 Å². The van der Waals surface area contributed by atoms with Crippen LogP contribution in [0.4, 0.5) is 0 Å². The first-order valence-electron chi connectivity index (χ1n) is 4.60. The van der Waals surface area contributed by atoms with Crippen LogP contribution in [0.1, 0.15) is 13.8 Å². The van der Waals surface area contributed by atoms with Gasteiger partial charge in [-0.25, -0.2) is 0 Å². The highest BCUT2D eigenvalue weighted by molar-refractivity contribution is 5.24. The van der Waals surface area contributed by atoms with Crippen molar-refractivity contribution in [2.45, 2.75) is 13.8 Å². The Balaban J connectivity index is 3.56. The third kappa shape index (κ3) is 7.42. The molecule has 0 heterocycles. The van der Waals surface area contributed by atoms with Gasteiger partial charge in [-0.05, 0) is 18.4 Å². The summed E-state index contributed by atoms with van der Waals surface area (Å²) in [4.78, 5) is 1.91. The number of allylic oxidation sites excluding steroid dienone is 1. The SMILES string of the molecule is C=C(C#CCNCC(C)C)N(C)C. The number of nitrogens with one attached hydrogen (secondary N) is 1. The van der Waals surface area contributed by atoms with Crippen molar-refractivity contribution in [3.8, 4) is 11.8 Å². The molecule has 0 aliphatic carbocycles. The molecule has 0 saturated carbocycles. The Bertz CT molecular complexity index is 206. The van der Waals surface area contributed by atoms with Gasteiger partial charge in [-0.2, -0.15) is 0 Å². The van der Waals surface area contributed by atoms with Gasteiger partial charge < -0.3 is 10.2 Å². The molecule has 0 unspecified atom stereocenters. The van der Waals surface area contributed by atoms with Crippen LogP contribution < -0.4 is 5.32 Å². The summed E-state index contributed by atoms with van der Waals surface area (Å²) in [5.74, 6) is 6.67. The van der Waals surface area contributed by atoms with E-state index in [2.05, 4.69) is 37.6 Å². The minimum atomic E-state index is 0.679. The summed E-state index contributed by atoms with van der Waals surface area (Å²) >= 11 is 0. The quantitative estimate of drug-likeness (QED) is 0.518. The molecular weight excluding hydrogens is 160 g/mol. The summed E-state index contributed by atoms with van der Waals surface area (Å²) in [6, 6.07) is 0. The topological polar surface area (TPSA) is 15.3 Å². The summed E-state index contributed by atoms with van der Waals surface area (Å²) in [7, 11) is 3.89. The lowest BCUT2D eigenvalue weighted by Gasteiger charge is -2.08. The van der Waals surface area contributed by atoms with Gasteiger partial charge in [0, 0.05) is 14.1 Å². The van der Waals surface area contributed by atoms with E-state index in [1.807, 2.05) is 19.0 Å². The van der Waals surface area contributed by atoms with Crippen LogP contribution in [0.15, 0.2) is 12.3 Å². The molecule has 1 N–H and O–H groups in total. The lowest BCUT2D eigenvalue weighted by molar-refractivity contribution is 0.537. The second-order valence-electron chi connectivity index (χ2n) is 3.67. The van der Waals surface area contributed by atoms with Crippen LogP contribution >= 0.6 is 0 Å². The van der Waals surface area contributed by atoms with Crippen molar-refractivity contribution >= 4 is 0 Å². The van der Waals surface area contributed by atoms with Gasteiger partial charge in [0.2, 0.25) is 0 Å². The average Bonchev–Trinajstić information content (AvgIpc) is 2.02. The summed E-state index contributed by atoms with van der Waals surface area (Å²) < 4.78 is 0. The van der Waals surface area contributed by atoms with Crippen LogP contribution in [0.3, 0.4) is 0 Å². The molecule has 0 atom stereocenters. The minimum Gasteiger partial charge on any atom is -0.371 e. The van der Waals surface area contributed by atoms with E-state index in [9.17, 15) is 0 Å². The predicted molar refractivity (Wildman–Crippen MR) is 58.3 cm³/mol. The maximum absolute atomic E-state index is 3.81. The molecule has 0 saturated heterocycles. The maximum atomic E-state index is 3.81. The van der Waals surface area contributed by atoms with Gasteiger partial charge in [0.1, 0.15) is 0 Å². The van der Waals surface area contributed by atoms with Crippen molar-refractivity contribution in [1.82, 2.24) is 10.2 Å². The molecule has 0 amide bonds. The molecule has 0 aliphatic heterocycles. The van der Waals surface area contributed by atoms with E-state index in [1.165, 1.54) is 0 Å². The molecule has 74 valence electrons. The predicted octanol–water partition coefficient (Wildman–Crippen LogP) is 1.31. The molecule has 0 aliphatic rings. The third-order valence-corrected chi connectivity index (χ3v) is 1.54. The largest absolute Gasteiger partial charge is 0.371 e. The van der Waals surface area contributed by atoms with E-state index < -0.39 is 0 Å². The Morgan fingerprint density at radius 1 is 1.46 bits per heavy atom. The van der Waals surface area contributed by atoms with Crippen molar-refractivity contribution in [3.05, 3.63) is 12.3 Å². The van der Waals surface area contributed by atoms with Gasteiger partial charge in [0.15, 0.2) is 0 Å². The molecule has 0 rings (SSSR count). The Morgan fingerprint density at radius 2 is 2.08 bits per heavy atom. The van der Waals surface area contributed by atoms with Gasteiger partial charge in [-0.1, -0.05) is 26.3 Å². The monoisotopic (exact) mass is 180 g/mol. The van der Waals surface area contributed by atoms with Crippen LogP contribution in [0.25, 0.3) is 0 Å². The molecular formula is C11H20N2. The first kappa shape index (κ1) is 12.1. The molecule has 0 bridgehead atoms. The third-order valence-electron chi connectivity index (χ3n) is 1.54. The Labute approximate surface area is 82.0 Å². The zero-order valence-corrected chi connectivity index (χ0v) is 9.15. The van der Waals surface area contributed by atoms with Crippen molar-refractivity contribution in [2.24, 2.45) is 5.92 Å². The van der Waals surface area contributed by atoms with Crippen molar-refractivity contribution in [3.63, 3.8) is 0 Å². The molecule has 0 spiro atoms. The first-order valence-corrected chi connectivity index (χ1v) is 4.60. The molecule has 13 heavy (non-hydrogen) atoms. The second kappa shape index (κ2) is 6.56. The van der Waals surface area contributed by atoms with Crippen molar-refractivity contribution in [1.29, 1.82) is 0 Å². The molecule has 0 aromatic heterocycles. The zero-order valence-electron chi connectivity index (χ0n) is 9.15. The van der Waals surface area contributed by atoms with Gasteiger partial charge in [0.25, 0.3) is 0 Å². The fourth-order valence-electron chi connectivity index (χ4n) is 0.681. The normalized spacial score (nSPS) is 9.31. The minimum absolute atomic E-state index is 0.679. The lowest BCUT2D eigenvalue weighted by atomic mass is 10.2. The van der Waals surface area contributed by atoms with Crippen LogP contribution in [-0.4, -0.2) is 32.1 Å². The summed E-state index contributed by atoms with van der Waals surface area (Å²) in [6.07, 6.45) is 0. The number of nitrogens with zero attached hydrogens (tertiary/aromatic N) is 1. The van der Waals surface area contributed by atoms with Crippen LogP contribution in [-0.2, 0) is 0 Å². The smallest absolute Gasteiger partial charge is 0.0801 e. The standard InChI is InChI=1S/C11H20N2/c1-10(2)9-12-8-6-7-11(3)13(4)5/h10,12H,3,8-9H2,1-2,4-5H3. The second-order valence-corrected chi connectivity index (χ2v) is 3.67. The average molecular weight is 180 g/mol.